The van der Waals surface area contributed by atoms with Gasteiger partial charge in [-0.2, -0.15) is 0 Å². The molecule has 5 heteroatoms. The van der Waals surface area contributed by atoms with Crippen molar-refractivity contribution in [1.82, 2.24) is 4.90 Å². The summed E-state index contributed by atoms with van der Waals surface area (Å²) in [6.45, 7) is 2.00. The van der Waals surface area contributed by atoms with Gasteiger partial charge in [-0.1, -0.05) is 0 Å². The van der Waals surface area contributed by atoms with Gasteiger partial charge in [0.15, 0.2) is 0 Å². The van der Waals surface area contributed by atoms with Crippen LogP contribution in [0.1, 0.15) is 22.5 Å². The maximum Gasteiger partial charge on any atom is 0.348 e. The van der Waals surface area contributed by atoms with Gasteiger partial charge in [0.2, 0.25) is 0 Å². The molecule has 1 fully saturated rings. The molecule has 1 saturated heterocycles. The minimum absolute atomic E-state index is 0.0779. The Morgan fingerprint density at radius 1 is 1.56 bits per heavy atom. The summed E-state index contributed by atoms with van der Waals surface area (Å²) in [4.78, 5) is 15.5. The number of carbonyl (C=O) groups excluding carboxylic acids is 1. The van der Waals surface area contributed by atoms with Crippen LogP contribution in [0.5, 0.6) is 0 Å². The minimum Gasteiger partial charge on any atom is -0.458 e. The largest absolute Gasteiger partial charge is 0.458 e. The topological polar surface area (TPSA) is 29.5 Å². The van der Waals surface area contributed by atoms with Crippen LogP contribution in [0.25, 0.3) is 0 Å². The molecule has 2 heterocycles. The Labute approximate surface area is 105 Å². The zero-order chi connectivity index (χ0) is 11.5. The first-order valence-corrected chi connectivity index (χ1v) is 6.65. The highest BCUT2D eigenvalue weighted by atomic mass is 32.1. The summed E-state index contributed by atoms with van der Waals surface area (Å²) in [6.07, 6.45) is 1.94. The van der Waals surface area contributed by atoms with Crippen LogP contribution in [0.4, 0.5) is 0 Å². The normalized spacial score (nSPS) is 18.6. The first-order chi connectivity index (χ1) is 7.65. The highest BCUT2D eigenvalue weighted by Crippen LogP contribution is 2.21. The van der Waals surface area contributed by atoms with Gasteiger partial charge in [-0.25, -0.2) is 4.79 Å². The van der Waals surface area contributed by atoms with E-state index in [1.54, 1.807) is 6.07 Å². The predicted octanol–water partition coefficient (Wildman–Crippen LogP) is 2.29. The van der Waals surface area contributed by atoms with Crippen molar-refractivity contribution in [2.45, 2.75) is 23.8 Å². The van der Waals surface area contributed by atoms with Gasteiger partial charge < -0.3 is 9.64 Å². The summed E-state index contributed by atoms with van der Waals surface area (Å²) < 4.78 is 5.45. The molecule has 0 atom stereocenters. The molecule has 0 saturated carbocycles. The van der Waals surface area contributed by atoms with Crippen LogP contribution in [0.15, 0.2) is 16.3 Å². The molecule has 0 aliphatic carbocycles. The molecule has 0 aromatic carbocycles. The number of hydrogen-bond donors (Lipinski definition) is 1. The Balaban J connectivity index is 1.88. The van der Waals surface area contributed by atoms with Crippen molar-refractivity contribution in [3.8, 4) is 0 Å². The van der Waals surface area contributed by atoms with E-state index in [0.717, 1.165) is 30.8 Å². The summed E-state index contributed by atoms with van der Waals surface area (Å²) in [5.74, 6) is -0.208. The minimum atomic E-state index is -0.208. The summed E-state index contributed by atoms with van der Waals surface area (Å²) in [7, 11) is 2.09. The van der Waals surface area contributed by atoms with E-state index in [0.29, 0.717) is 4.88 Å². The highest BCUT2D eigenvalue weighted by Gasteiger charge is 2.21. The van der Waals surface area contributed by atoms with Crippen LogP contribution in [0.3, 0.4) is 0 Å². The second kappa shape index (κ2) is 5.21. The fourth-order valence-electron chi connectivity index (χ4n) is 1.75. The van der Waals surface area contributed by atoms with Crippen LogP contribution in [-0.4, -0.2) is 37.1 Å². The zero-order valence-electron chi connectivity index (χ0n) is 9.18. The number of hydrogen-bond acceptors (Lipinski definition) is 5. The van der Waals surface area contributed by atoms with Gasteiger partial charge in [0.25, 0.3) is 0 Å². The van der Waals surface area contributed by atoms with Gasteiger partial charge in [0, 0.05) is 23.4 Å². The number of thiophene rings is 1. The molecule has 0 N–H and O–H groups in total. The van der Waals surface area contributed by atoms with E-state index < -0.39 is 0 Å². The molecule has 1 aliphatic rings. The molecule has 88 valence electrons. The first kappa shape index (κ1) is 12.0. The fraction of sp³-hybridized carbons (Fsp3) is 0.545. The number of piperidine rings is 1. The van der Waals surface area contributed by atoms with Crippen molar-refractivity contribution in [3.05, 3.63) is 16.3 Å². The molecule has 3 nitrogen and oxygen atoms in total. The molecule has 0 radical (unpaired) electrons. The third kappa shape index (κ3) is 2.99. The molecule has 1 aliphatic heterocycles. The molecule has 1 aromatic heterocycles. The van der Waals surface area contributed by atoms with Crippen molar-refractivity contribution in [3.63, 3.8) is 0 Å². The summed E-state index contributed by atoms with van der Waals surface area (Å²) in [5.41, 5.74) is 0. The van der Waals surface area contributed by atoms with Gasteiger partial charge in [-0.15, -0.1) is 24.0 Å². The molecule has 0 spiro atoms. The van der Waals surface area contributed by atoms with Crippen molar-refractivity contribution in [1.29, 1.82) is 0 Å². The maximum absolute atomic E-state index is 11.7. The second-order valence-corrected chi connectivity index (χ2v) is 5.50. The Morgan fingerprint density at radius 2 is 2.25 bits per heavy atom. The number of likely N-dealkylation sites (tertiary alicyclic amines) is 1. The smallest absolute Gasteiger partial charge is 0.348 e. The van der Waals surface area contributed by atoms with Gasteiger partial charge >= 0.3 is 5.97 Å². The Hall–Kier alpha value is -0.520. The fourth-order valence-corrected chi connectivity index (χ4v) is 2.78. The lowest BCUT2D eigenvalue weighted by Crippen LogP contribution is -2.35. The predicted molar refractivity (Wildman–Crippen MR) is 67.5 cm³/mol. The quantitative estimate of drug-likeness (QED) is 0.651. The van der Waals surface area contributed by atoms with E-state index in [1.165, 1.54) is 11.3 Å². The monoisotopic (exact) mass is 257 g/mol. The lowest BCUT2D eigenvalue weighted by Gasteiger charge is -2.28. The van der Waals surface area contributed by atoms with Crippen molar-refractivity contribution in [2.24, 2.45) is 0 Å². The number of ether oxygens (including phenoxy) is 1. The molecule has 2 rings (SSSR count). The summed E-state index contributed by atoms with van der Waals surface area (Å²) in [6, 6.07) is 1.76. The van der Waals surface area contributed by atoms with E-state index >= 15 is 0 Å². The number of carbonyl (C=O) groups is 1. The number of rotatable bonds is 2. The maximum atomic E-state index is 11.7. The average Bonchev–Trinajstić information content (AvgIpc) is 2.68. The van der Waals surface area contributed by atoms with E-state index in [2.05, 4.69) is 24.6 Å². The van der Waals surface area contributed by atoms with E-state index in [9.17, 15) is 4.79 Å². The summed E-state index contributed by atoms with van der Waals surface area (Å²) >= 11 is 5.56. The molecular weight excluding hydrogens is 242 g/mol. The number of esters is 1. The van der Waals surface area contributed by atoms with Gasteiger partial charge in [-0.3, -0.25) is 0 Å². The molecule has 0 unspecified atom stereocenters. The van der Waals surface area contributed by atoms with E-state index in [4.69, 9.17) is 4.74 Å². The first-order valence-electron chi connectivity index (χ1n) is 5.32. The number of nitrogens with zero attached hydrogens (tertiary/aromatic N) is 1. The molecule has 16 heavy (non-hydrogen) atoms. The number of thiol groups is 1. The Bertz CT molecular complexity index is 370. The van der Waals surface area contributed by atoms with Gasteiger partial charge in [0.05, 0.1) is 0 Å². The lowest BCUT2D eigenvalue weighted by atomic mass is 10.1. The van der Waals surface area contributed by atoms with Crippen LogP contribution in [0, 0.1) is 0 Å². The summed E-state index contributed by atoms with van der Waals surface area (Å²) in [5, 5.41) is 1.84. The Kier molecular flexibility index (Phi) is 3.89. The van der Waals surface area contributed by atoms with Crippen LogP contribution in [-0.2, 0) is 4.74 Å². The highest BCUT2D eigenvalue weighted by molar-refractivity contribution is 7.80. The average molecular weight is 257 g/mol. The van der Waals surface area contributed by atoms with E-state index in [-0.39, 0.29) is 12.1 Å². The SMILES string of the molecule is CN1CCC(OC(=O)c2cc(S)cs2)CC1. The van der Waals surface area contributed by atoms with Crippen LogP contribution < -0.4 is 0 Å². The third-order valence-corrected chi connectivity index (χ3v) is 4.07. The lowest BCUT2D eigenvalue weighted by molar-refractivity contribution is 0.0144. The van der Waals surface area contributed by atoms with Gasteiger partial charge in [-0.05, 0) is 26.0 Å². The molecule has 0 bridgehead atoms. The third-order valence-electron chi connectivity index (χ3n) is 2.73. The van der Waals surface area contributed by atoms with Gasteiger partial charge in [0.1, 0.15) is 11.0 Å². The molecule has 1 aromatic rings. The standard InChI is InChI=1S/C11H15NO2S2/c1-12-4-2-8(3-5-12)14-11(13)10-6-9(15)7-16-10/h6-8,15H,2-5H2,1H3. The van der Waals surface area contributed by atoms with Crippen molar-refractivity contribution in [2.75, 3.05) is 20.1 Å². The molecule has 0 amide bonds. The van der Waals surface area contributed by atoms with Crippen LogP contribution >= 0.6 is 24.0 Å². The zero-order valence-corrected chi connectivity index (χ0v) is 10.9. The molecular formula is C11H15NO2S2. The van der Waals surface area contributed by atoms with Crippen LogP contribution in [0.2, 0.25) is 0 Å². The van der Waals surface area contributed by atoms with Crippen molar-refractivity contribution >= 4 is 29.9 Å². The Morgan fingerprint density at radius 3 is 2.81 bits per heavy atom. The van der Waals surface area contributed by atoms with Crippen molar-refractivity contribution < 1.29 is 9.53 Å². The van der Waals surface area contributed by atoms with E-state index in [1.807, 2.05) is 5.38 Å². The second-order valence-electron chi connectivity index (χ2n) is 4.08.